The van der Waals surface area contributed by atoms with Gasteiger partial charge in [-0.15, -0.1) is 0 Å². The number of ether oxygens (including phenoxy) is 3. The van der Waals surface area contributed by atoms with Crippen LogP contribution in [-0.2, 0) is 31.0 Å². The van der Waals surface area contributed by atoms with Crippen LogP contribution < -0.4 is 24.2 Å². The molecule has 1 saturated heterocycles. The first-order chi connectivity index (χ1) is 18.2. The normalized spacial score (nSPS) is 16.6. The van der Waals surface area contributed by atoms with Gasteiger partial charge in [0.05, 0.1) is 17.0 Å². The van der Waals surface area contributed by atoms with E-state index in [-0.39, 0.29) is 36.9 Å². The zero-order chi connectivity index (χ0) is 26.9. The number of para-hydroxylation sites is 1. The number of sulfonamides is 1. The van der Waals surface area contributed by atoms with E-state index in [1.807, 2.05) is 6.07 Å². The Morgan fingerprint density at radius 2 is 1.71 bits per heavy atom. The average Bonchev–Trinajstić information content (AvgIpc) is 3.49. The van der Waals surface area contributed by atoms with E-state index in [9.17, 15) is 22.8 Å². The van der Waals surface area contributed by atoms with Gasteiger partial charge < -0.3 is 19.1 Å². The van der Waals surface area contributed by atoms with E-state index < -0.39 is 33.8 Å². The highest BCUT2D eigenvalue weighted by Gasteiger charge is 2.44. The van der Waals surface area contributed by atoms with Gasteiger partial charge in [0, 0.05) is 6.54 Å². The maximum Gasteiger partial charge on any atom is 0.261 e. The molecule has 0 saturated carbocycles. The minimum Gasteiger partial charge on any atom is -0.484 e. The highest BCUT2D eigenvalue weighted by atomic mass is 32.2. The maximum atomic E-state index is 13.5. The van der Waals surface area contributed by atoms with Crippen molar-refractivity contribution in [3.05, 3.63) is 78.4 Å². The SMILES string of the molecule is NS(=O)(=O)c1ccc(N2C(=O)CC(N(Cc3ccc4c(c3)OCO4)C(=O)COc3ccccc3)C2=O)cc1. The van der Waals surface area contributed by atoms with Crippen LogP contribution in [0.15, 0.2) is 77.7 Å². The van der Waals surface area contributed by atoms with Crippen LogP contribution >= 0.6 is 0 Å². The first kappa shape index (κ1) is 25.2. The molecule has 0 aromatic heterocycles. The summed E-state index contributed by atoms with van der Waals surface area (Å²) in [6.07, 6.45) is -0.253. The number of benzene rings is 3. The fourth-order valence-corrected chi connectivity index (χ4v) is 4.78. The first-order valence-corrected chi connectivity index (χ1v) is 13.1. The molecule has 0 bridgehead atoms. The Morgan fingerprint density at radius 3 is 2.42 bits per heavy atom. The maximum absolute atomic E-state index is 13.5. The predicted molar refractivity (Wildman–Crippen MR) is 134 cm³/mol. The number of fused-ring (bicyclic) bond motifs is 1. The van der Waals surface area contributed by atoms with E-state index in [2.05, 4.69) is 0 Å². The summed E-state index contributed by atoms with van der Waals surface area (Å²) in [5, 5.41) is 5.14. The molecule has 5 rings (SSSR count). The van der Waals surface area contributed by atoms with Gasteiger partial charge in [0.25, 0.3) is 11.8 Å². The van der Waals surface area contributed by atoms with Gasteiger partial charge in [0.2, 0.25) is 22.7 Å². The number of anilines is 1. The molecule has 38 heavy (non-hydrogen) atoms. The Balaban J connectivity index is 1.41. The number of nitrogens with two attached hydrogens (primary N) is 1. The summed E-state index contributed by atoms with van der Waals surface area (Å²) in [5.41, 5.74) is 0.837. The molecular weight excluding hydrogens is 514 g/mol. The summed E-state index contributed by atoms with van der Waals surface area (Å²) in [5.74, 6) is -0.0811. The predicted octanol–water partition coefficient (Wildman–Crippen LogP) is 1.80. The van der Waals surface area contributed by atoms with Crippen LogP contribution in [0.4, 0.5) is 5.69 Å². The van der Waals surface area contributed by atoms with Crippen molar-refractivity contribution in [2.75, 3.05) is 18.3 Å². The summed E-state index contributed by atoms with van der Waals surface area (Å²) in [6, 6.07) is 17.9. The molecule has 1 fully saturated rings. The van der Waals surface area contributed by atoms with E-state index in [1.54, 1.807) is 42.5 Å². The quantitative estimate of drug-likeness (QED) is 0.428. The monoisotopic (exact) mass is 537 g/mol. The molecule has 3 aromatic rings. The smallest absolute Gasteiger partial charge is 0.261 e. The second kappa shape index (κ2) is 10.1. The lowest BCUT2D eigenvalue weighted by molar-refractivity contribution is -0.140. The summed E-state index contributed by atoms with van der Waals surface area (Å²) >= 11 is 0. The standard InChI is InChI=1S/C26H23N3O8S/c27-38(33,34)20-9-7-18(8-10-20)29-24(30)13-21(26(29)32)28(25(31)15-35-19-4-2-1-3-5-19)14-17-6-11-22-23(12-17)37-16-36-22/h1-12,21H,13-16H2,(H2,27,33,34). The van der Waals surface area contributed by atoms with E-state index in [0.717, 1.165) is 4.90 Å². The summed E-state index contributed by atoms with van der Waals surface area (Å²) < 4.78 is 39.5. The third kappa shape index (κ3) is 5.17. The lowest BCUT2D eigenvalue weighted by Crippen LogP contribution is -2.46. The Kier molecular flexibility index (Phi) is 6.74. The van der Waals surface area contributed by atoms with Crippen molar-refractivity contribution in [1.82, 2.24) is 4.90 Å². The molecule has 11 nitrogen and oxygen atoms in total. The van der Waals surface area contributed by atoms with Crippen molar-refractivity contribution < 1.29 is 37.0 Å². The number of carbonyl (C=O) groups is 3. The molecule has 2 aliphatic rings. The number of carbonyl (C=O) groups excluding carboxylic acids is 3. The van der Waals surface area contributed by atoms with Crippen LogP contribution in [0.3, 0.4) is 0 Å². The topological polar surface area (TPSA) is 146 Å². The second-order valence-corrected chi connectivity index (χ2v) is 10.2. The molecule has 2 heterocycles. The van der Waals surface area contributed by atoms with Crippen molar-refractivity contribution in [2.24, 2.45) is 5.14 Å². The van der Waals surface area contributed by atoms with Gasteiger partial charge in [-0.3, -0.25) is 14.4 Å². The molecule has 3 aromatic carbocycles. The Bertz CT molecular complexity index is 1490. The number of nitrogens with zero attached hydrogens (tertiary/aromatic N) is 2. The third-order valence-corrected chi connectivity index (χ3v) is 7.07. The number of amides is 3. The molecule has 0 radical (unpaired) electrons. The van der Waals surface area contributed by atoms with E-state index >= 15 is 0 Å². The number of hydrogen-bond acceptors (Lipinski definition) is 8. The van der Waals surface area contributed by atoms with Crippen LogP contribution in [-0.4, -0.2) is 50.5 Å². The van der Waals surface area contributed by atoms with Crippen LogP contribution in [0, 0.1) is 0 Å². The lowest BCUT2D eigenvalue weighted by Gasteiger charge is -2.28. The van der Waals surface area contributed by atoms with Crippen molar-refractivity contribution >= 4 is 33.4 Å². The largest absolute Gasteiger partial charge is 0.484 e. The van der Waals surface area contributed by atoms with E-state index in [1.165, 1.54) is 29.2 Å². The van der Waals surface area contributed by atoms with Gasteiger partial charge in [0.15, 0.2) is 18.1 Å². The minimum absolute atomic E-state index is 0.00943. The minimum atomic E-state index is -3.95. The number of imide groups is 1. The molecule has 1 unspecified atom stereocenters. The van der Waals surface area contributed by atoms with Gasteiger partial charge in [-0.2, -0.15) is 0 Å². The van der Waals surface area contributed by atoms with Crippen molar-refractivity contribution in [2.45, 2.75) is 23.9 Å². The molecule has 0 aliphatic carbocycles. The zero-order valence-corrected chi connectivity index (χ0v) is 20.8. The Labute approximate surface area is 218 Å². The molecule has 12 heteroatoms. The zero-order valence-electron chi connectivity index (χ0n) is 20.0. The molecule has 3 amide bonds. The average molecular weight is 538 g/mol. The van der Waals surface area contributed by atoms with Crippen LogP contribution in [0.25, 0.3) is 0 Å². The highest BCUT2D eigenvalue weighted by molar-refractivity contribution is 7.89. The van der Waals surface area contributed by atoms with Crippen LogP contribution in [0.1, 0.15) is 12.0 Å². The third-order valence-electron chi connectivity index (χ3n) is 6.14. The van der Waals surface area contributed by atoms with Gasteiger partial charge in [-0.25, -0.2) is 18.5 Å². The number of rotatable bonds is 8. The molecule has 2 aliphatic heterocycles. The first-order valence-electron chi connectivity index (χ1n) is 11.6. The van der Waals surface area contributed by atoms with Crippen molar-refractivity contribution in [3.63, 3.8) is 0 Å². The number of primary sulfonamides is 1. The molecule has 0 spiro atoms. The second-order valence-electron chi connectivity index (χ2n) is 8.64. The van der Waals surface area contributed by atoms with E-state index in [4.69, 9.17) is 19.3 Å². The van der Waals surface area contributed by atoms with E-state index in [0.29, 0.717) is 22.8 Å². The Hall–Kier alpha value is -4.42. The summed E-state index contributed by atoms with van der Waals surface area (Å²) in [4.78, 5) is 41.9. The fraction of sp³-hybridized carbons (Fsp3) is 0.192. The van der Waals surface area contributed by atoms with Gasteiger partial charge >= 0.3 is 0 Å². The lowest BCUT2D eigenvalue weighted by atomic mass is 10.1. The summed E-state index contributed by atoms with van der Waals surface area (Å²) in [7, 11) is -3.95. The van der Waals surface area contributed by atoms with Crippen molar-refractivity contribution in [1.29, 1.82) is 0 Å². The molecular formula is C26H23N3O8S. The molecule has 196 valence electrons. The summed E-state index contributed by atoms with van der Waals surface area (Å²) in [6.45, 7) is -0.258. The van der Waals surface area contributed by atoms with Gasteiger partial charge in [0.1, 0.15) is 11.8 Å². The Morgan fingerprint density at radius 1 is 1.00 bits per heavy atom. The van der Waals surface area contributed by atoms with Gasteiger partial charge in [-0.05, 0) is 54.1 Å². The van der Waals surface area contributed by atoms with Crippen molar-refractivity contribution in [3.8, 4) is 17.2 Å². The number of hydrogen-bond donors (Lipinski definition) is 1. The fourth-order valence-electron chi connectivity index (χ4n) is 4.27. The van der Waals surface area contributed by atoms with Gasteiger partial charge in [-0.1, -0.05) is 24.3 Å². The van der Waals surface area contributed by atoms with Crippen LogP contribution in [0.2, 0.25) is 0 Å². The highest BCUT2D eigenvalue weighted by Crippen LogP contribution is 2.34. The molecule has 1 atom stereocenters. The molecule has 2 N–H and O–H groups in total. The van der Waals surface area contributed by atoms with Crippen LogP contribution in [0.5, 0.6) is 17.2 Å².